The average molecular weight is 210 g/mol. The molecule has 0 radical (unpaired) electrons. The minimum atomic E-state index is 0.156. The molecule has 2 N–H and O–H groups in total. The quantitative estimate of drug-likeness (QED) is 0.676. The van der Waals surface area contributed by atoms with Crippen LogP contribution in [0.4, 0.5) is 0 Å². The topological polar surface area (TPSA) is 40.5 Å². The van der Waals surface area contributed by atoms with Gasteiger partial charge in [-0.25, -0.2) is 0 Å². The molecule has 1 aromatic rings. The zero-order valence-corrected chi connectivity index (χ0v) is 9.26. The molecule has 1 aromatic carbocycles. The van der Waals surface area contributed by atoms with Gasteiger partial charge in [0.25, 0.3) is 0 Å². The van der Waals surface area contributed by atoms with Gasteiger partial charge in [-0.3, -0.25) is 0 Å². The molecular weight excluding hydrogens is 190 g/mol. The van der Waals surface area contributed by atoms with Crippen LogP contribution in [-0.2, 0) is 6.54 Å². The Morgan fingerprint density at radius 3 is 2.00 bits per heavy atom. The molecule has 0 fully saturated rings. The van der Waals surface area contributed by atoms with Crippen molar-refractivity contribution in [1.29, 1.82) is 0 Å². The summed E-state index contributed by atoms with van der Waals surface area (Å²) in [6.07, 6.45) is 0. The van der Waals surface area contributed by atoms with Gasteiger partial charge in [-0.15, -0.1) is 0 Å². The molecule has 3 nitrogen and oxygen atoms in total. The molecule has 0 heterocycles. The molecule has 0 unspecified atom stereocenters. The minimum Gasteiger partial charge on any atom is -0.391 e. The number of aliphatic hydroxyl groups excluding tert-OH is 2. The van der Waals surface area contributed by atoms with E-state index in [2.05, 4.69) is 19.2 Å². The van der Waals surface area contributed by atoms with Gasteiger partial charge in [0.05, 0.1) is 20.3 Å². The van der Waals surface area contributed by atoms with Crippen LogP contribution in [-0.4, -0.2) is 48.0 Å². The lowest BCUT2D eigenvalue weighted by molar-refractivity contribution is -0.923. The molecule has 1 rings (SSSR count). The summed E-state index contributed by atoms with van der Waals surface area (Å²) in [5.74, 6) is 0. The first-order valence-corrected chi connectivity index (χ1v) is 5.29. The van der Waals surface area contributed by atoms with Crippen LogP contribution in [0.3, 0.4) is 0 Å². The Kier molecular flexibility index (Phi) is 4.75. The van der Waals surface area contributed by atoms with Crippen LogP contribution in [0.5, 0.6) is 0 Å². The van der Waals surface area contributed by atoms with Crippen molar-refractivity contribution in [2.75, 3.05) is 33.4 Å². The Bertz CT molecular complexity index is 268. The van der Waals surface area contributed by atoms with E-state index in [1.807, 2.05) is 18.2 Å². The Hall–Kier alpha value is -0.900. The van der Waals surface area contributed by atoms with E-state index in [4.69, 9.17) is 10.2 Å². The lowest BCUT2D eigenvalue weighted by Gasteiger charge is -2.33. The van der Waals surface area contributed by atoms with Crippen molar-refractivity contribution in [3.8, 4) is 0 Å². The van der Waals surface area contributed by atoms with Gasteiger partial charge >= 0.3 is 0 Å². The van der Waals surface area contributed by atoms with Crippen molar-refractivity contribution < 1.29 is 14.7 Å². The first-order chi connectivity index (χ1) is 7.20. The third-order valence-electron chi connectivity index (χ3n) is 2.69. The minimum absolute atomic E-state index is 0.156. The molecule has 0 aliphatic rings. The fourth-order valence-electron chi connectivity index (χ4n) is 1.78. The molecule has 0 amide bonds. The van der Waals surface area contributed by atoms with Crippen LogP contribution in [0.15, 0.2) is 30.3 Å². The maximum absolute atomic E-state index is 9.01. The van der Waals surface area contributed by atoms with Gasteiger partial charge in [0.15, 0.2) is 0 Å². The van der Waals surface area contributed by atoms with Gasteiger partial charge in [0, 0.05) is 5.56 Å². The van der Waals surface area contributed by atoms with Crippen LogP contribution in [0.25, 0.3) is 0 Å². The molecule has 0 spiro atoms. The van der Waals surface area contributed by atoms with Crippen LogP contribution >= 0.6 is 0 Å². The maximum Gasteiger partial charge on any atom is 0.104 e. The smallest absolute Gasteiger partial charge is 0.104 e. The zero-order chi connectivity index (χ0) is 11.1. The lowest BCUT2D eigenvalue weighted by Crippen LogP contribution is -2.47. The summed E-state index contributed by atoms with van der Waals surface area (Å²) in [6.45, 7) is 2.51. The van der Waals surface area contributed by atoms with E-state index in [1.54, 1.807) is 0 Å². The normalized spacial score (nSPS) is 11.7. The van der Waals surface area contributed by atoms with E-state index in [0.717, 1.165) is 6.54 Å². The van der Waals surface area contributed by atoms with Gasteiger partial charge in [-0.2, -0.15) is 0 Å². The van der Waals surface area contributed by atoms with E-state index >= 15 is 0 Å². The van der Waals surface area contributed by atoms with Crippen LogP contribution in [0, 0.1) is 0 Å². The van der Waals surface area contributed by atoms with Crippen molar-refractivity contribution in [2.45, 2.75) is 6.54 Å². The zero-order valence-electron chi connectivity index (χ0n) is 9.26. The number of nitrogens with zero attached hydrogens (tertiary/aromatic N) is 1. The van der Waals surface area contributed by atoms with Crippen molar-refractivity contribution in [3.05, 3.63) is 35.9 Å². The van der Waals surface area contributed by atoms with Gasteiger partial charge in [-0.1, -0.05) is 30.3 Å². The molecular formula is C12H20NO2+. The molecule has 0 atom stereocenters. The maximum atomic E-state index is 9.01. The first kappa shape index (κ1) is 12.2. The Labute approximate surface area is 91.2 Å². The predicted molar refractivity (Wildman–Crippen MR) is 60.2 cm³/mol. The molecule has 84 valence electrons. The number of hydrogen-bond acceptors (Lipinski definition) is 2. The number of hydrogen-bond donors (Lipinski definition) is 2. The molecule has 0 aliphatic heterocycles. The molecule has 3 heteroatoms. The first-order valence-electron chi connectivity index (χ1n) is 5.29. The Morgan fingerprint density at radius 1 is 1.00 bits per heavy atom. The van der Waals surface area contributed by atoms with Crippen molar-refractivity contribution >= 4 is 0 Å². The highest BCUT2D eigenvalue weighted by atomic mass is 16.3. The highest BCUT2D eigenvalue weighted by Gasteiger charge is 2.20. The van der Waals surface area contributed by atoms with Crippen molar-refractivity contribution in [1.82, 2.24) is 0 Å². The largest absolute Gasteiger partial charge is 0.391 e. The van der Waals surface area contributed by atoms with E-state index in [1.165, 1.54) is 5.56 Å². The second kappa shape index (κ2) is 5.85. The molecule has 0 saturated carbocycles. The molecule has 15 heavy (non-hydrogen) atoms. The van der Waals surface area contributed by atoms with Crippen LogP contribution in [0.2, 0.25) is 0 Å². The summed E-state index contributed by atoms with van der Waals surface area (Å²) in [5.41, 5.74) is 1.24. The summed E-state index contributed by atoms with van der Waals surface area (Å²) < 4.78 is 0.678. The highest BCUT2D eigenvalue weighted by molar-refractivity contribution is 5.13. The number of quaternary nitrogens is 1. The van der Waals surface area contributed by atoms with Crippen molar-refractivity contribution in [2.24, 2.45) is 0 Å². The van der Waals surface area contributed by atoms with E-state index in [0.29, 0.717) is 17.6 Å². The summed E-state index contributed by atoms with van der Waals surface area (Å²) >= 11 is 0. The second-order valence-electron chi connectivity index (χ2n) is 4.16. The number of likely N-dealkylation sites (N-methyl/N-ethyl adjacent to an activating group) is 1. The summed E-state index contributed by atoms with van der Waals surface area (Å²) in [4.78, 5) is 0. The fourth-order valence-corrected chi connectivity index (χ4v) is 1.78. The van der Waals surface area contributed by atoms with E-state index in [-0.39, 0.29) is 13.2 Å². The van der Waals surface area contributed by atoms with Crippen LogP contribution in [0.1, 0.15) is 5.56 Å². The molecule has 0 aliphatic carbocycles. The number of benzene rings is 1. The number of aliphatic hydroxyl groups is 2. The van der Waals surface area contributed by atoms with Crippen molar-refractivity contribution in [3.63, 3.8) is 0 Å². The Balaban J connectivity index is 2.66. The predicted octanol–water partition coefficient (Wildman–Crippen LogP) is 0.618. The number of rotatable bonds is 6. The third-order valence-corrected chi connectivity index (χ3v) is 2.69. The van der Waals surface area contributed by atoms with E-state index < -0.39 is 0 Å². The standard InChI is InChI=1S/C12H20NO2/c1-13(7-9-14,8-10-15)11-12-5-3-2-4-6-12/h2-6,14-15H,7-11H2,1H3/q+1. The van der Waals surface area contributed by atoms with Gasteiger partial charge in [0.2, 0.25) is 0 Å². The monoisotopic (exact) mass is 210 g/mol. The van der Waals surface area contributed by atoms with Gasteiger partial charge in [0.1, 0.15) is 19.6 Å². The summed E-state index contributed by atoms with van der Waals surface area (Å²) in [6, 6.07) is 10.2. The lowest BCUT2D eigenvalue weighted by atomic mass is 10.2. The molecule has 0 bridgehead atoms. The Morgan fingerprint density at radius 2 is 1.53 bits per heavy atom. The van der Waals surface area contributed by atoms with Gasteiger partial charge in [-0.05, 0) is 0 Å². The van der Waals surface area contributed by atoms with Crippen LogP contribution < -0.4 is 0 Å². The average Bonchev–Trinajstić information content (AvgIpc) is 2.19. The SMILES string of the molecule is C[N+](CCO)(CCO)Cc1ccccc1. The molecule has 0 aromatic heterocycles. The molecule has 0 saturated heterocycles. The van der Waals surface area contributed by atoms with Gasteiger partial charge < -0.3 is 14.7 Å². The fraction of sp³-hybridized carbons (Fsp3) is 0.500. The second-order valence-corrected chi connectivity index (χ2v) is 4.16. The van der Waals surface area contributed by atoms with E-state index in [9.17, 15) is 0 Å². The summed E-state index contributed by atoms with van der Waals surface area (Å²) in [7, 11) is 2.06. The third kappa shape index (κ3) is 4.00. The highest BCUT2D eigenvalue weighted by Crippen LogP contribution is 2.10. The summed E-state index contributed by atoms with van der Waals surface area (Å²) in [5, 5.41) is 18.0.